The summed E-state index contributed by atoms with van der Waals surface area (Å²) in [6, 6.07) is 5.58. The Morgan fingerprint density at radius 3 is 2.62 bits per heavy atom. The zero-order chi connectivity index (χ0) is 17.7. The number of aryl methyl sites for hydroxylation is 1. The third-order valence-corrected chi connectivity index (χ3v) is 5.12. The summed E-state index contributed by atoms with van der Waals surface area (Å²) < 4.78 is 32.7. The monoisotopic (exact) mass is 356 g/mol. The summed E-state index contributed by atoms with van der Waals surface area (Å²) >= 11 is 0. The Morgan fingerprint density at radius 1 is 1.29 bits per heavy atom. The fourth-order valence-electron chi connectivity index (χ4n) is 2.97. The van der Waals surface area contributed by atoms with Gasteiger partial charge in [0.2, 0.25) is 15.9 Å². The van der Waals surface area contributed by atoms with E-state index in [-0.39, 0.29) is 17.6 Å². The number of methoxy groups -OCH3 is 2. The molecule has 1 unspecified atom stereocenters. The first-order valence-corrected chi connectivity index (χ1v) is 9.53. The minimum absolute atomic E-state index is 0.0294. The van der Waals surface area contributed by atoms with E-state index in [0.29, 0.717) is 43.9 Å². The average Bonchev–Trinajstić information content (AvgIpc) is 2.98. The zero-order valence-corrected chi connectivity index (χ0v) is 14.8. The van der Waals surface area contributed by atoms with Crippen molar-refractivity contribution in [3.8, 4) is 11.5 Å². The smallest absolute Gasteiger partial charge is 0.222 e. The van der Waals surface area contributed by atoms with Crippen molar-refractivity contribution in [2.24, 2.45) is 11.1 Å². The minimum Gasteiger partial charge on any atom is -0.493 e. The Morgan fingerprint density at radius 2 is 2.00 bits per heavy atom. The summed E-state index contributed by atoms with van der Waals surface area (Å²) in [5, 5.41) is 5.07. The van der Waals surface area contributed by atoms with Crippen molar-refractivity contribution in [2.45, 2.75) is 19.3 Å². The number of nitrogens with zero attached hydrogens (tertiary/aromatic N) is 1. The highest BCUT2D eigenvalue weighted by Crippen LogP contribution is 2.28. The number of sulfonamides is 1. The molecule has 7 nitrogen and oxygen atoms in total. The predicted octanol–water partition coefficient (Wildman–Crippen LogP) is 0.773. The number of carbonyl (C=O) groups is 1. The molecule has 1 atom stereocenters. The molecule has 1 amide bonds. The van der Waals surface area contributed by atoms with E-state index in [4.69, 9.17) is 14.6 Å². The molecule has 1 heterocycles. The number of carbonyl (C=O) groups excluding carboxylic acids is 1. The molecule has 24 heavy (non-hydrogen) atoms. The molecule has 1 aliphatic rings. The van der Waals surface area contributed by atoms with Crippen molar-refractivity contribution in [3.05, 3.63) is 23.8 Å². The third-order valence-electron chi connectivity index (χ3n) is 4.18. The fraction of sp³-hybridized carbons (Fsp3) is 0.562. The molecule has 1 aliphatic heterocycles. The Kier molecular flexibility index (Phi) is 6.06. The normalized spacial score (nSPS) is 17.8. The third kappa shape index (κ3) is 5.10. The lowest BCUT2D eigenvalue weighted by atomic mass is 10.1. The summed E-state index contributed by atoms with van der Waals surface area (Å²) in [5.41, 5.74) is 0.987. The maximum atomic E-state index is 12.3. The largest absolute Gasteiger partial charge is 0.493 e. The lowest BCUT2D eigenvalue weighted by molar-refractivity contribution is -0.130. The van der Waals surface area contributed by atoms with Crippen molar-refractivity contribution in [2.75, 3.05) is 33.1 Å². The number of amides is 1. The maximum absolute atomic E-state index is 12.3. The van der Waals surface area contributed by atoms with Crippen LogP contribution in [0.2, 0.25) is 0 Å². The lowest BCUT2D eigenvalue weighted by Gasteiger charge is -2.16. The Balaban J connectivity index is 1.88. The molecule has 8 heteroatoms. The van der Waals surface area contributed by atoms with Gasteiger partial charge in [-0.15, -0.1) is 0 Å². The fourth-order valence-corrected chi connectivity index (χ4v) is 3.90. The average molecular weight is 356 g/mol. The van der Waals surface area contributed by atoms with Crippen molar-refractivity contribution >= 4 is 15.9 Å². The van der Waals surface area contributed by atoms with E-state index >= 15 is 0 Å². The van der Waals surface area contributed by atoms with Gasteiger partial charge in [-0.05, 0) is 36.5 Å². The molecule has 0 spiro atoms. The van der Waals surface area contributed by atoms with Gasteiger partial charge in [0.25, 0.3) is 0 Å². The molecule has 0 saturated carbocycles. The van der Waals surface area contributed by atoms with Gasteiger partial charge in [-0.2, -0.15) is 0 Å². The van der Waals surface area contributed by atoms with Crippen molar-refractivity contribution in [1.29, 1.82) is 0 Å². The van der Waals surface area contributed by atoms with E-state index in [1.165, 1.54) is 0 Å². The summed E-state index contributed by atoms with van der Waals surface area (Å²) in [6.07, 6.45) is 1.64. The van der Waals surface area contributed by atoms with Gasteiger partial charge in [0.1, 0.15) is 0 Å². The number of hydrogen-bond donors (Lipinski definition) is 1. The van der Waals surface area contributed by atoms with Crippen LogP contribution in [0.3, 0.4) is 0 Å². The molecular formula is C16H24N2O5S. The molecule has 1 aromatic rings. The zero-order valence-electron chi connectivity index (χ0n) is 14.0. The SMILES string of the molecule is COc1ccc(CCC(=O)N2CCC(CS(N)(=O)=O)C2)cc1OC. The number of benzene rings is 1. The molecule has 2 N–H and O–H groups in total. The van der Waals surface area contributed by atoms with Crippen LogP contribution in [0, 0.1) is 5.92 Å². The number of primary sulfonamides is 1. The van der Waals surface area contributed by atoms with E-state index in [1.807, 2.05) is 18.2 Å². The van der Waals surface area contributed by atoms with Crippen LogP contribution in [0.4, 0.5) is 0 Å². The van der Waals surface area contributed by atoms with Gasteiger partial charge in [-0.1, -0.05) is 6.07 Å². The molecule has 134 valence electrons. The Labute approximate surface area is 142 Å². The Hall–Kier alpha value is -1.80. The highest BCUT2D eigenvalue weighted by atomic mass is 32.2. The molecule has 2 rings (SSSR count). The van der Waals surface area contributed by atoms with E-state index in [9.17, 15) is 13.2 Å². The minimum atomic E-state index is -3.49. The molecule has 0 aliphatic carbocycles. The van der Waals surface area contributed by atoms with Gasteiger partial charge < -0.3 is 14.4 Å². The maximum Gasteiger partial charge on any atom is 0.222 e. The summed E-state index contributed by atoms with van der Waals surface area (Å²) in [6.45, 7) is 1.05. The van der Waals surface area contributed by atoms with Crippen LogP contribution in [0.15, 0.2) is 18.2 Å². The van der Waals surface area contributed by atoms with Crippen LogP contribution < -0.4 is 14.6 Å². The summed E-state index contributed by atoms with van der Waals surface area (Å²) in [5.74, 6) is 1.19. The predicted molar refractivity (Wildman–Crippen MR) is 90.5 cm³/mol. The van der Waals surface area contributed by atoms with Crippen LogP contribution >= 0.6 is 0 Å². The molecule has 1 saturated heterocycles. The van der Waals surface area contributed by atoms with E-state index in [2.05, 4.69) is 0 Å². The van der Waals surface area contributed by atoms with Crippen LogP contribution in [0.25, 0.3) is 0 Å². The highest BCUT2D eigenvalue weighted by Gasteiger charge is 2.28. The van der Waals surface area contributed by atoms with Crippen molar-refractivity contribution < 1.29 is 22.7 Å². The quantitative estimate of drug-likeness (QED) is 0.778. The van der Waals surface area contributed by atoms with E-state index in [1.54, 1.807) is 19.1 Å². The van der Waals surface area contributed by atoms with Crippen LogP contribution in [0.1, 0.15) is 18.4 Å². The first-order chi connectivity index (χ1) is 11.3. The van der Waals surface area contributed by atoms with Crippen molar-refractivity contribution in [1.82, 2.24) is 4.90 Å². The van der Waals surface area contributed by atoms with Gasteiger partial charge in [-0.25, -0.2) is 13.6 Å². The standard InChI is InChI=1S/C16H24N2O5S/c1-22-14-5-3-12(9-15(14)23-2)4-6-16(19)18-8-7-13(10-18)11-24(17,20)21/h3,5,9,13H,4,6-8,10-11H2,1-2H3,(H2,17,20,21). The van der Waals surface area contributed by atoms with Crippen molar-refractivity contribution in [3.63, 3.8) is 0 Å². The topological polar surface area (TPSA) is 98.9 Å². The second-order valence-electron chi connectivity index (χ2n) is 6.01. The second kappa shape index (κ2) is 7.85. The molecule has 0 radical (unpaired) electrons. The van der Waals surface area contributed by atoms with Gasteiger partial charge in [-0.3, -0.25) is 4.79 Å². The van der Waals surface area contributed by atoms with Crippen LogP contribution in [0.5, 0.6) is 11.5 Å². The summed E-state index contributed by atoms with van der Waals surface area (Å²) in [7, 11) is -0.342. The van der Waals surface area contributed by atoms with Crippen LogP contribution in [-0.2, 0) is 21.2 Å². The summed E-state index contributed by atoms with van der Waals surface area (Å²) in [4.78, 5) is 14.0. The highest BCUT2D eigenvalue weighted by molar-refractivity contribution is 7.89. The molecular weight excluding hydrogens is 332 g/mol. The number of nitrogens with two attached hydrogens (primary N) is 1. The second-order valence-corrected chi connectivity index (χ2v) is 7.67. The van der Waals surface area contributed by atoms with E-state index in [0.717, 1.165) is 5.56 Å². The number of ether oxygens (including phenoxy) is 2. The Bertz CT molecular complexity index is 690. The number of likely N-dealkylation sites (tertiary alicyclic amines) is 1. The first-order valence-electron chi connectivity index (χ1n) is 7.81. The van der Waals surface area contributed by atoms with Gasteiger partial charge in [0.15, 0.2) is 11.5 Å². The van der Waals surface area contributed by atoms with Gasteiger partial charge in [0, 0.05) is 19.5 Å². The lowest BCUT2D eigenvalue weighted by Crippen LogP contribution is -2.30. The van der Waals surface area contributed by atoms with Crippen LogP contribution in [-0.4, -0.2) is 52.3 Å². The molecule has 1 aromatic carbocycles. The van der Waals surface area contributed by atoms with Gasteiger partial charge >= 0.3 is 0 Å². The molecule has 1 fully saturated rings. The number of rotatable bonds is 7. The first kappa shape index (κ1) is 18.5. The van der Waals surface area contributed by atoms with Gasteiger partial charge in [0.05, 0.1) is 20.0 Å². The van der Waals surface area contributed by atoms with E-state index < -0.39 is 10.0 Å². The number of hydrogen-bond acceptors (Lipinski definition) is 5. The molecule has 0 bridgehead atoms. The molecule has 0 aromatic heterocycles.